The molecule has 0 amide bonds. The molecule has 0 aliphatic carbocycles. The van der Waals surface area contributed by atoms with Crippen molar-refractivity contribution in [3.63, 3.8) is 0 Å². The Labute approximate surface area is 260 Å². The lowest BCUT2D eigenvalue weighted by atomic mass is 10.1. The maximum Gasteiger partial charge on any atom is 0.204 e. The van der Waals surface area contributed by atoms with E-state index in [2.05, 4.69) is 46.9 Å². The van der Waals surface area contributed by atoms with Gasteiger partial charge in [0.15, 0.2) is 16.8 Å². The fourth-order valence-corrected chi connectivity index (χ4v) is 5.55. The summed E-state index contributed by atoms with van der Waals surface area (Å²) in [6.45, 7) is 17.2. The first-order chi connectivity index (χ1) is 21.2. The maximum atomic E-state index is 12.8. The van der Waals surface area contributed by atoms with Crippen LogP contribution in [-0.4, -0.2) is 105 Å². The Bertz CT molecular complexity index is 1510. The average Bonchev–Trinajstić information content (AvgIpc) is 3.02. The quantitative estimate of drug-likeness (QED) is 0.185. The number of piperazine rings is 1. The number of phenolic OH excluding ortho intramolecular Hbond substituents is 2. The van der Waals surface area contributed by atoms with Gasteiger partial charge in [0.2, 0.25) is 5.75 Å². The van der Waals surface area contributed by atoms with E-state index in [1.165, 1.54) is 18.7 Å². The van der Waals surface area contributed by atoms with Crippen molar-refractivity contribution in [1.29, 1.82) is 0 Å². The molecular formula is C35H46N4O5. The van der Waals surface area contributed by atoms with Crippen molar-refractivity contribution in [3.05, 3.63) is 83.6 Å². The number of likely N-dealkylation sites (N-methyl/N-ethyl adjacent to an activating group) is 1. The molecule has 0 saturated carbocycles. The average molecular weight is 603 g/mol. The number of phenols is 2. The minimum atomic E-state index is -0.416. The predicted molar refractivity (Wildman–Crippen MR) is 179 cm³/mol. The van der Waals surface area contributed by atoms with Crippen molar-refractivity contribution in [3.8, 4) is 28.6 Å². The van der Waals surface area contributed by atoms with Gasteiger partial charge in [0.25, 0.3) is 0 Å². The zero-order chi connectivity index (χ0) is 31.6. The van der Waals surface area contributed by atoms with E-state index in [1.54, 1.807) is 0 Å². The molecule has 9 nitrogen and oxygen atoms in total. The topological polar surface area (TPSA) is 92.9 Å². The van der Waals surface area contributed by atoms with E-state index >= 15 is 0 Å². The molecule has 0 atom stereocenters. The summed E-state index contributed by atoms with van der Waals surface area (Å²) in [5.41, 5.74) is 2.59. The normalized spacial score (nSPS) is 14.7. The molecule has 0 radical (unpaired) electrons. The Balaban J connectivity index is 1.20. The number of allylic oxidation sites excluding steroid dienone is 2. The van der Waals surface area contributed by atoms with E-state index < -0.39 is 5.43 Å². The number of anilines is 1. The number of rotatable bonds is 15. The van der Waals surface area contributed by atoms with Gasteiger partial charge >= 0.3 is 0 Å². The van der Waals surface area contributed by atoms with E-state index in [0.717, 1.165) is 83.5 Å². The molecule has 1 aliphatic rings. The molecule has 236 valence electrons. The van der Waals surface area contributed by atoms with Crippen LogP contribution in [0.5, 0.6) is 17.2 Å². The Kier molecular flexibility index (Phi) is 11.7. The van der Waals surface area contributed by atoms with Gasteiger partial charge in [-0.05, 0) is 56.3 Å². The summed E-state index contributed by atoms with van der Waals surface area (Å²) in [4.78, 5) is 22.4. The summed E-state index contributed by atoms with van der Waals surface area (Å²) >= 11 is 0. The molecule has 1 saturated heterocycles. The van der Waals surface area contributed by atoms with Gasteiger partial charge in [-0.1, -0.05) is 31.4 Å². The van der Waals surface area contributed by atoms with Gasteiger partial charge in [0.05, 0.1) is 7.11 Å². The number of unbranched alkanes of at least 4 members (excludes halogenated alkanes) is 1. The van der Waals surface area contributed by atoms with Crippen molar-refractivity contribution in [2.45, 2.75) is 12.8 Å². The highest BCUT2D eigenvalue weighted by Gasteiger charge is 2.19. The highest BCUT2D eigenvalue weighted by atomic mass is 16.5. The summed E-state index contributed by atoms with van der Waals surface area (Å²) in [5, 5.41) is 20.3. The second kappa shape index (κ2) is 15.6. The molecule has 2 N–H and O–H groups in total. The number of benzene rings is 2. The SMILES string of the molecule is C=C/C=C(\C=C)CN1CCN(CCN(C)CCCCN(C)c2ccc(-c3cc(=O)c4c(O)cc(O)c(OC)c4o3)cc2)CC1. The summed E-state index contributed by atoms with van der Waals surface area (Å²) in [6.07, 6.45) is 7.99. The molecule has 9 heteroatoms. The molecule has 1 aromatic heterocycles. The number of nitrogens with zero attached hydrogens (tertiary/aromatic N) is 4. The Hall–Kier alpha value is -4.05. The molecular weight excluding hydrogens is 556 g/mol. The lowest BCUT2D eigenvalue weighted by Gasteiger charge is -2.35. The van der Waals surface area contributed by atoms with Crippen LogP contribution in [0, 0.1) is 0 Å². The molecule has 44 heavy (non-hydrogen) atoms. The van der Waals surface area contributed by atoms with Gasteiger partial charge < -0.3 is 29.2 Å². The number of methoxy groups -OCH3 is 1. The first kappa shape index (κ1) is 32.9. The van der Waals surface area contributed by atoms with E-state index in [0.29, 0.717) is 11.3 Å². The van der Waals surface area contributed by atoms with Crippen molar-refractivity contribution in [1.82, 2.24) is 14.7 Å². The first-order valence-corrected chi connectivity index (χ1v) is 15.2. The van der Waals surface area contributed by atoms with Gasteiger partial charge in [-0.15, -0.1) is 0 Å². The molecule has 2 heterocycles. The van der Waals surface area contributed by atoms with Crippen LogP contribution in [0.25, 0.3) is 22.3 Å². The number of hydrogen-bond donors (Lipinski definition) is 2. The number of fused-ring (bicyclic) bond motifs is 1. The first-order valence-electron chi connectivity index (χ1n) is 15.2. The second-order valence-electron chi connectivity index (χ2n) is 11.4. The smallest absolute Gasteiger partial charge is 0.204 e. The van der Waals surface area contributed by atoms with E-state index in [1.807, 2.05) is 42.5 Å². The van der Waals surface area contributed by atoms with Crippen LogP contribution < -0.4 is 15.1 Å². The van der Waals surface area contributed by atoms with Gasteiger partial charge in [-0.3, -0.25) is 14.6 Å². The Morgan fingerprint density at radius 2 is 1.66 bits per heavy atom. The standard InChI is InChI=1S/C35H46N4O5/c1-6-10-26(7-2)25-39-21-19-38(20-22-39)18-17-36(3)15-8-9-16-37(4)28-13-11-27(12-14-28)32-24-30(41)33-29(40)23-31(42)34(43-5)35(33)44-32/h6-7,10-14,23-24,40,42H,1-2,8-9,15-22,25H2,3-5H3/b26-10+. The van der Waals surface area contributed by atoms with E-state index in [9.17, 15) is 15.0 Å². The minimum absolute atomic E-state index is 0.00696. The van der Waals surface area contributed by atoms with E-state index in [4.69, 9.17) is 9.15 Å². The summed E-state index contributed by atoms with van der Waals surface area (Å²) in [5.74, 6) is -0.322. The Morgan fingerprint density at radius 3 is 2.32 bits per heavy atom. The van der Waals surface area contributed by atoms with Gasteiger partial charge in [-0.25, -0.2) is 0 Å². The fraction of sp³-hybridized carbons (Fsp3) is 0.400. The molecule has 0 spiro atoms. The monoisotopic (exact) mass is 602 g/mol. The van der Waals surface area contributed by atoms with Gasteiger partial charge in [-0.2, -0.15) is 0 Å². The predicted octanol–water partition coefficient (Wildman–Crippen LogP) is 4.94. The van der Waals surface area contributed by atoms with Crippen molar-refractivity contribution >= 4 is 16.7 Å². The number of hydrogen-bond acceptors (Lipinski definition) is 9. The van der Waals surface area contributed by atoms with Crippen LogP contribution >= 0.6 is 0 Å². The van der Waals surface area contributed by atoms with Crippen LogP contribution in [0.4, 0.5) is 5.69 Å². The van der Waals surface area contributed by atoms with Crippen LogP contribution in [0.15, 0.2) is 82.6 Å². The van der Waals surface area contributed by atoms with E-state index in [-0.39, 0.29) is 28.2 Å². The molecule has 0 bridgehead atoms. The minimum Gasteiger partial charge on any atom is -0.507 e. The number of aromatic hydroxyl groups is 2. The number of ether oxygens (including phenoxy) is 1. The lowest BCUT2D eigenvalue weighted by Crippen LogP contribution is -2.48. The molecule has 4 rings (SSSR count). The molecule has 1 fully saturated rings. The van der Waals surface area contributed by atoms with Gasteiger partial charge in [0.1, 0.15) is 16.9 Å². The third-order valence-corrected chi connectivity index (χ3v) is 8.26. The highest BCUT2D eigenvalue weighted by Crippen LogP contribution is 2.40. The Morgan fingerprint density at radius 1 is 0.977 bits per heavy atom. The second-order valence-corrected chi connectivity index (χ2v) is 11.4. The fourth-order valence-electron chi connectivity index (χ4n) is 5.55. The highest BCUT2D eigenvalue weighted by molar-refractivity contribution is 5.91. The third kappa shape index (κ3) is 8.31. The molecule has 2 aromatic carbocycles. The summed E-state index contributed by atoms with van der Waals surface area (Å²) < 4.78 is 11.1. The van der Waals surface area contributed by atoms with Crippen LogP contribution in [0.2, 0.25) is 0 Å². The summed E-state index contributed by atoms with van der Waals surface area (Å²) in [6, 6.07) is 10.2. The van der Waals surface area contributed by atoms with Crippen LogP contribution in [0.1, 0.15) is 12.8 Å². The van der Waals surface area contributed by atoms with Crippen molar-refractivity contribution in [2.75, 3.05) is 85.0 Å². The van der Waals surface area contributed by atoms with Crippen molar-refractivity contribution in [2.24, 2.45) is 0 Å². The lowest BCUT2D eigenvalue weighted by molar-refractivity contribution is 0.129. The summed E-state index contributed by atoms with van der Waals surface area (Å²) in [7, 11) is 5.66. The van der Waals surface area contributed by atoms with Crippen LogP contribution in [0.3, 0.4) is 0 Å². The maximum absolute atomic E-state index is 12.8. The molecule has 1 aliphatic heterocycles. The third-order valence-electron chi connectivity index (χ3n) is 8.26. The van der Waals surface area contributed by atoms with Crippen molar-refractivity contribution < 1.29 is 19.4 Å². The zero-order valence-corrected chi connectivity index (χ0v) is 26.3. The molecule has 3 aromatic rings. The largest absolute Gasteiger partial charge is 0.507 e. The van der Waals surface area contributed by atoms with Crippen LogP contribution in [-0.2, 0) is 0 Å². The zero-order valence-electron chi connectivity index (χ0n) is 26.3. The van der Waals surface area contributed by atoms with Gasteiger partial charge in [0, 0.05) is 82.8 Å². The molecule has 0 unspecified atom stereocenters.